The van der Waals surface area contributed by atoms with Crippen molar-refractivity contribution >= 4 is 51.7 Å². The molecule has 0 spiro atoms. The molecule has 2 unspecified atom stereocenters. The highest BCUT2D eigenvalue weighted by Crippen LogP contribution is 2.29. The van der Waals surface area contributed by atoms with Crippen molar-refractivity contribution in [2.45, 2.75) is 6.17 Å². The maximum absolute atomic E-state index is 13.3. The van der Waals surface area contributed by atoms with E-state index >= 15 is 0 Å². The molecule has 2 aliphatic rings. The summed E-state index contributed by atoms with van der Waals surface area (Å²) >= 11 is 6.90. The third-order valence-electron chi connectivity index (χ3n) is 4.48. The van der Waals surface area contributed by atoms with E-state index in [0.717, 1.165) is 11.8 Å². The summed E-state index contributed by atoms with van der Waals surface area (Å²) in [5, 5.41) is 3.03. The summed E-state index contributed by atoms with van der Waals surface area (Å²) in [6, 6.07) is 13.2. The number of hydrogen-bond donors (Lipinski definition) is 3. The largest absolute Gasteiger partial charge is 0.325 e. The first kappa shape index (κ1) is 19.8. The number of para-hydroxylation sites is 1. The second-order valence-corrected chi connectivity index (χ2v) is 7.81. The highest BCUT2D eigenvalue weighted by molar-refractivity contribution is 8.14. The number of fused-ring (bicyclic) bond motifs is 1. The zero-order valence-electron chi connectivity index (χ0n) is 15.1. The lowest BCUT2D eigenvalue weighted by atomic mass is 10.1. The van der Waals surface area contributed by atoms with Crippen LogP contribution in [0.3, 0.4) is 0 Å². The van der Waals surface area contributed by atoms with Crippen LogP contribution in [0.5, 0.6) is 0 Å². The number of amidine groups is 1. The molecule has 0 aromatic heterocycles. The van der Waals surface area contributed by atoms with Crippen LogP contribution >= 0.6 is 23.4 Å². The van der Waals surface area contributed by atoms with E-state index in [1.54, 1.807) is 4.90 Å². The number of carbonyl (C=O) groups is 2. The van der Waals surface area contributed by atoms with Crippen molar-refractivity contribution in [3.63, 3.8) is 0 Å². The van der Waals surface area contributed by atoms with E-state index in [1.807, 2.05) is 30.3 Å². The van der Waals surface area contributed by atoms with E-state index in [2.05, 4.69) is 21.2 Å². The molecular weight excluding hydrogens is 417 g/mol. The first-order chi connectivity index (χ1) is 14.0. The predicted octanol–water partition coefficient (Wildman–Crippen LogP) is 2.60. The zero-order valence-corrected chi connectivity index (χ0v) is 16.6. The number of hydrogen-bond acceptors (Lipinski definition) is 6. The van der Waals surface area contributed by atoms with Crippen LogP contribution in [0.1, 0.15) is 0 Å². The summed E-state index contributed by atoms with van der Waals surface area (Å²) in [6.45, 7) is 0.486. The number of halogens is 2. The molecule has 2 aromatic rings. The van der Waals surface area contributed by atoms with E-state index in [0.29, 0.717) is 23.1 Å². The topological polar surface area (TPSA) is 85.8 Å². The first-order valence-corrected chi connectivity index (χ1v) is 10.2. The highest BCUT2D eigenvalue weighted by Gasteiger charge is 2.42. The average Bonchev–Trinajstić information content (AvgIpc) is 3.19. The molecule has 2 atom stereocenters. The first-order valence-electron chi connectivity index (χ1n) is 8.86. The standard InChI is InChI=1S/C19H17ClFN5O2S/c20-14-8-11(6-7-15(14)21)23-16(27)10-29-19-24-17-13(9-22-25-17)18(28)26(19)12-4-2-1-3-5-12/h1-8,13,17,22,25H,9-10H2,(H,23,27). The lowest BCUT2D eigenvalue weighted by molar-refractivity contribution is -0.121. The SMILES string of the molecule is O=C(CSC1=NC2NNCC2C(=O)N1c1ccccc1)Nc1ccc(F)c(Cl)c1. The lowest BCUT2D eigenvalue weighted by Crippen LogP contribution is -2.49. The number of hydrazine groups is 1. The van der Waals surface area contributed by atoms with Gasteiger partial charge in [0, 0.05) is 12.2 Å². The van der Waals surface area contributed by atoms with Crippen molar-refractivity contribution in [3.8, 4) is 0 Å². The van der Waals surface area contributed by atoms with Gasteiger partial charge in [0.15, 0.2) is 5.17 Å². The molecule has 2 amide bonds. The van der Waals surface area contributed by atoms with Crippen LogP contribution in [-0.4, -0.2) is 35.4 Å². The van der Waals surface area contributed by atoms with Crippen LogP contribution in [0.2, 0.25) is 5.02 Å². The Kier molecular flexibility index (Phi) is 5.81. The van der Waals surface area contributed by atoms with Crippen molar-refractivity contribution < 1.29 is 14.0 Å². The van der Waals surface area contributed by atoms with Crippen molar-refractivity contribution in [2.75, 3.05) is 22.5 Å². The van der Waals surface area contributed by atoms with Crippen molar-refractivity contribution in [1.82, 2.24) is 10.9 Å². The Bertz CT molecular complexity index is 974. The van der Waals surface area contributed by atoms with E-state index < -0.39 is 5.82 Å². The minimum absolute atomic E-state index is 0.0231. The molecular formula is C19H17ClFN5O2S. The van der Waals surface area contributed by atoms with E-state index in [1.165, 1.54) is 18.2 Å². The average molecular weight is 434 g/mol. The minimum atomic E-state index is -0.556. The fourth-order valence-corrected chi connectivity index (χ4v) is 4.11. The van der Waals surface area contributed by atoms with Crippen LogP contribution in [0.15, 0.2) is 53.5 Å². The van der Waals surface area contributed by atoms with E-state index in [4.69, 9.17) is 11.6 Å². The molecule has 3 N–H and O–H groups in total. The van der Waals surface area contributed by atoms with E-state index in [9.17, 15) is 14.0 Å². The van der Waals surface area contributed by atoms with Crippen molar-refractivity contribution in [1.29, 1.82) is 0 Å². The molecule has 2 heterocycles. The third-order valence-corrected chi connectivity index (χ3v) is 5.72. The lowest BCUT2D eigenvalue weighted by Gasteiger charge is -2.32. The molecule has 150 valence electrons. The smallest absolute Gasteiger partial charge is 0.241 e. The second-order valence-electron chi connectivity index (χ2n) is 6.46. The maximum Gasteiger partial charge on any atom is 0.241 e. The summed E-state index contributed by atoms with van der Waals surface area (Å²) < 4.78 is 13.3. The number of nitrogens with one attached hydrogen (secondary N) is 3. The Morgan fingerprint density at radius 2 is 2.10 bits per heavy atom. The van der Waals surface area contributed by atoms with Gasteiger partial charge in [-0.1, -0.05) is 41.6 Å². The summed E-state index contributed by atoms with van der Waals surface area (Å²) in [5.74, 6) is -1.24. The molecule has 0 aliphatic carbocycles. The molecule has 2 aliphatic heterocycles. The summed E-state index contributed by atoms with van der Waals surface area (Å²) in [7, 11) is 0. The van der Waals surface area contributed by atoms with Gasteiger partial charge in [0.2, 0.25) is 11.8 Å². The van der Waals surface area contributed by atoms with Gasteiger partial charge in [0.05, 0.1) is 22.4 Å². The third kappa shape index (κ3) is 4.27. The summed E-state index contributed by atoms with van der Waals surface area (Å²) in [6.07, 6.45) is -0.371. The van der Waals surface area contributed by atoms with Crippen LogP contribution in [0.4, 0.5) is 15.8 Å². The normalized spacial score (nSPS) is 21.0. The Morgan fingerprint density at radius 1 is 1.31 bits per heavy atom. The molecule has 0 saturated carbocycles. The Morgan fingerprint density at radius 3 is 2.86 bits per heavy atom. The van der Waals surface area contributed by atoms with Crippen LogP contribution < -0.4 is 21.1 Å². The van der Waals surface area contributed by atoms with E-state index in [-0.39, 0.29) is 34.7 Å². The van der Waals surface area contributed by atoms with Gasteiger partial charge in [-0.15, -0.1) is 0 Å². The number of carbonyl (C=O) groups excluding carboxylic acids is 2. The molecule has 0 bridgehead atoms. The minimum Gasteiger partial charge on any atom is -0.325 e. The number of benzene rings is 2. The maximum atomic E-state index is 13.3. The monoisotopic (exact) mass is 433 g/mol. The van der Waals surface area contributed by atoms with Crippen molar-refractivity contribution in [2.24, 2.45) is 10.9 Å². The zero-order chi connectivity index (χ0) is 20.4. The molecule has 4 rings (SSSR count). The molecule has 1 saturated heterocycles. The number of nitrogens with zero attached hydrogens (tertiary/aromatic N) is 2. The van der Waals surface area contributed by atoms with Gasteiger partial charge in [0.1, 0.15) is 12.0 Å². The van der Waals surface area contributed by atoms with Crippen molar-refractivity contribution in [3.05, 3.63) is 59.4 Å². The number of amides is 2. The Balaban J connectivity index is 1.49. The fraction of sp³-hybridized carbons (Fsp3) is 0.211. The quantitative estimate of drug-likeness (QED) is 0.690. The molecule has 10 heteroatoms. The van der Waals surface area contributed by atoms with Gasteiger partial charge in [-0.25, -0.2) is 14.8 Å². The Hall–Kier alpha value is -2.46. The van der Waals surface area contributed by atoms with Gasteiger partial charge < -0.3 is 5.32 Å². The number of anilines is 2. The number of aliphatic imine (C=N–C) groups is 1. The van der Waals surface area contributed by atoms with Gasteiger partial charge in [0.25, 0.3) is 0 Å². The molecule has 0 radical (unpaired) electrons. The van der Waals surface area contributed by atoms with Crippen LogP contribution in [0.25, 0.3) is 0 Å². The van der Waals surface area contributed by atoms with Gasteiger partial charge >= 0.3 is 0 Å². The molecule has 1 fully saturated rings. The second kappa shape index (κ2) is 8.50. The molecule has 29 heavy (non-hydrogen) atoms. The van der Waals surface area contributed by atoms with Crippen LogP contribution in [0, 0.1) is 11.7 Å². The predicted molar refractivity (Wildman–Crippen MR) is 112 cm³/mol. The number of rotatable bonds is 4. The number of thioether (sulfide) groups is 1. The molecule has 2 aromatic carbocycles. The fourth-order valence-electron chi connectivity index (χ4n) is 3.08. The van der Waals surface area contributed by atoms with Gasteiger partial charge in [-0.2, -0.15) is 0 Å². The Labute approximate surface area is 175 Å². The highest BCUT2D eigenvalue weighted by atomic mass is 35.5. The van der Waals surface area contributed by atoms with Gasteiger partial charge in [-0.05, 0) is 30.3 Å². The summed E-state index contributed by atoms with van der Waals surface area (Å²) in [4.78, 5) is 31.5. The summed E-state index contributed by atoms with van der Waals surface area (Å²) in [5.41, 5.74) is 7.03. The van der Waals surface area contributed by atoms with Crippen LogP contribution in [-0.2, 0) is 9.59 Å². The van der Waals surface area contributed by atoms with Gasteiger partial charge in [-0.3, -0.25) is 19.9 Å². The molecule has 7 nitrogen and oxygen atoms in total.